The zero-order valence-corrected chi connectivity index (χ0v) is 19.3. The van der Waals surface area contributed by atoms with Gasteiger partial charge in [-0.15, -0.1) is 11.3 Å². The number of likely N-dealkylation sites (tertiary alicyclic amines) is 2. The van der Waals surface area contributed by atoms with Gasteiger partial charge in [-0.05, 0) is 71.0 Å². The Morgan fingerprint density at radius 3 is 2.45 bits per heavy atom. The predicted octanol–water partition coefficient (Wildman–Crippen LogP) is 4.72. The van der Waals surface area contributed by atoms with Crippen LogP contribution in [-0.4, -0.2) is 53.6 Å². The van der Waals surface area contributed by atoms with Crippen LogP contribution in [0.2, 0.25) is 0 Å². The minimum absolute atomic E-state index is 0.0717. The lowest BCUT2D eigenvalue weighted by Crippen LogP contribution is -2.44. The molecule has 2 aliphatic heterocycles. The van der Waals surface area contributed by atoms with Crippen molar-refractivity contribution < 1.29 is 14.4 Å². The molecule has 4 heterocycles. The number of ketones is 1. The van der Waals surface area contributed by atoms with E-state index >= 15 is 0 Å². The molecule has 0 N–H and O–H groups in total. The summed E-state index contributed by atoms with van der Waals surface area (Å²) in [4.78, 5) is 41.9. The van der Waals surface area contributed by atoms with E-state index in [4.69, 9.17) is 0 Å². The Bertz CT molecular complexity index is 926. The maximum atomic E-state index is 12.7. The fourth-order valence-electron chi connectivity index (χ4n) is 4.52. The maximum Gasteiger partial charge on any atom is 0.246 e. The first-order valence-corrected chi connectivity index (χ1v) is 12.7. The largest absolute Gasteiger partial charge is 0.342 e. The summed E-state index contributed by atoms with van der Waals surface area (Å²) >= 11 is 3.08. The zero-order chi connectivity index (χ0) is 21.7. The van der Waals surface area contributed by atoms with Gasteiger partial charge in [0.2, 0.25) is 11.8 Å². The van der Waals surface area contributed by atoms with Gasteiger partial charge in [-0.3, -0.25) is 14.4 Å². The Morgan fingerprint density at radius 1 is 1.00 bits per heavy atom. The monoisotopic (exact) mass is 456 g/mol. The van der Waals surface area contributed by atoms with E-state index in [-0.39, 0.29) is 23.0 Å². The van der Waals surface area contributed by atoms with Gasteiger partial charge in [-0.25, -0.2) is 0 Å². The highest BCUT2D eigenvalue weighted by atomic mass is 32.1. The van der Waals surface area contributed by atoms with Crippen LogP contribution in [-0.2, 0) is 9.59 Å². The molecular weight excluding hydrogens is 428 g/mol. The summed E-state index contributed by atoms with van der Waals surface area (Å²) < 4.78 is 0. The molecule has 31 heavy (non-hydrogen) atoms. The molecule has 0 atom stereocenters. The highest BCUT2D eigenvalue weighted by Gasteiger charge is 2.42. The van der Waals surface area contributed by atoms with E-state index < -0.39 is 0 Å². The van der Waals surface area contributed by atoms with Crippen LogP contribution in [0.1, 0.15) is 53.8 Å². The predicted molar refractivity (Wildman–Crippen MR) is 125 cm³/mol. The van der Waals surface area contributed by atoms with E-state index in [1.807, 2.05) is 50.2 Å². The molecule has 0 saturated carbocycles. The third kappa shape index (κ3) is 5.52. The van der Waals surface area contributed by atoms with Gasteiger partial charge in [0, 0.05) is 45.1 Å². The Kier molecular flexibility index (Phi) is 7.02. The molecule has 164 valence electrons. The fraction of sp³-hybridized carbons (Fsp3) is 0.458. The van der Waals surface area contributed by atoms with Crippen molar-refractivity contribution in [3.63, 3.8) is 0 Å². The number of carbonyl (C=O) groups excluding carboxylic acids is 3. The Labute approximate surface area is 191 Å². The number of hydrogen-bond acceptors (Lipinski definition) is 5. The summed E-state index contributed by atoms with van der Waals surface area (Å²) in [5, 5.41) is 5.93. The first kappa shape index (κ1) is 22.0. The van der Waals surface area contributed by atoms with Crippen molar-refractivity contribution in [2.75, 3.05) is 26.2 Å². The van der Waals surface area contributed by atoms with E-state index in [0.717, 1.165) is 55.9 Å². The van der Waals surface area contributed by atoms with E-state index in [2.05, 4.69) is 0 Å². The Hall–Kier alpha value is -2.25. The van der Waals surface area contributed by atoms with Crippen molar-refractivity contribution in [3.8, 4) is 0 Å². The second kappa shape index (κ2) is 9.92. The van der Waals surface area contributed by atoms with Gasteiger partial charge < -0.3 is 9.80 Å². The van der Waals surface area contributed by atoms with Gasteiger partial charge >= 0.3 is 0 Å². The molecule has 2 fully saturated rings. The number of hydrogen-bond donors (Lipinski definition) is 0. The van der Waals surface area contributed by atoms with Gasteiger partial charge in [-0.2, -0.15) is 11.3 Å². The van der Waals surface area contributed by atoms with Gasteiger partial charge in [0.25, 0.3) is 0 Å². The molecule has 2 saturated heterocycles. The highest BCUT2D eigenvalue weighted by molar-refractivity contribution is 7.12. The summed E-state index contributed by atoms with van der Waals surface area (Å²) in [7, 11) is 0. The number of Topliss-reactive ketones (excluding diaryl/α,β-unsaturated/α-hetero) is 1. The molecule has 0 aromatic carbocycles. The van der Waals surface area contributed by atoms with Crippen molar-refractivity contribution in [2.24, 2.45) is 5.41 Å². The van der Waals surface area contributed by atoms with Crippen molar-refractivity contribution in [1.29, 1.82) is 0 Å². The van der Waals surface area contributed by atoms with Crippen molar-refractivity contribution in [2.45, 2.75) is 38.5 Å². The molecule has 2 aromatic rings. The standard InChI is InChI=1S/C24H28N2O3S2/c27-20(21-4-2-15-31-21)3-1-5-22(28)26-14-11-24(18-26)9-12-25(13-10-24)23(29)7-6-19-8-16-30-17-19/h2,4,6-8,15-17H,1,3,5,9-14,18H2/b7-6+. The SMILES string of the molecule is O=C(CCCC(=O)N1CCC2(CCN(C(=O)/C=C/c3ccsc3)CC2)C1)c1cccs1. The number of nitrogens with zero attached hydrogens (tertiary/aromatic N) is 2. The van der Waals surface area contributed by atoms with Crippen LogP contribution in [0.15, 0.2) is 40.4 Å². The molecule has 0 unspecified atom stereocenters. The first-order chi connectivity index (χ1) is 15.0. The molecule has 0 aliphatic carbocycles. The van der Waals surface area contributed by atoms with Gasteiger partial charge in [-0.1, -0.05) is 6.07 Å². The number of thiophene rings is 2. The number of amides is 2. The average molecular weight is 457 g/mol. The fourth-order valence-corrected chi connectivity index (χ4v) is 5.84. The lowest BCUT2D eigenvalue weighted by molar-refractivity contribution is -0.132. The molecule has 0 radical (unpaired) electrons. The third-order valence-electron chi connectivity index (χ3n) is 6.48. The first-order valence-electron chi connectivity index (χ1n) is 10.9. The van der Waals surface area contributed by atoms with Gasteiger partial charge in [0.1, 0.15) is 0 Å². The summed E-state index contributed by atoms with van der Waals surface area (Å²) in [5.41, 5.74) is 1.21. The molecule has 0 bridgehead atoms. The normalized spacial score (nSPS) is 18.2. The number of carbonyl (C=O) groups is 3. The molecule has 2 aliphatic rings. The second-order valence-electron chi connectivity index (χ2n) is 8.53. The van der Waals surface area contributed by atoms with Crippen LogP contribution in [0.3, 0.4) is 0 Å². The average Bonchev–Trinajstić information content (AvgIpc) is 3.54. The summed E-state index contributed by atoms with van der Waals surface area (Å²) in [6.45, 7) is 3.09. The van der Waals surface area contributed by atoms with E-state index in [9.17, 15) is 14.4 Å². The zero-order valence-electron chi connectivity index (χ0n) is 17.6. The lowest BCUT2D eigenvalue weighted by atomic mass is 9.78. The van der Waals surface area contributed by atoms with Crippen LogP contribution in [0.25, 0.3) is 6.08 Å². The molecule has 2 amide bonds. The molecule has 2 aromatic heterocycles. The maximum absolute atomic E-state index is 12.7. The van der Waals surface area contributed by atoms with Crippen molar-refractivity contribution in [1.82, 2.24) is 9.80 Å². The second-order valence-corrected chi connectivity index (χ2v) is 10.3. The van der Waals surface area contributed by atoms with Gasteiger partial charge in [0.15, 0.2) is 5.78 Å². The lowest BCUT2D eigenvalue weighted by Gasteiger charge is -2.39. The van der Waals surface area contributed by atoms with Crippen molar-refractivity contribution >= 4 is 46.3 Å². The van der Waals surface area contributed by atoms with Crippen LogP contribution in [0.5, 0.6) is 0 Å². The quantitative estimate of drug-likeness (QED) is 0.448. The van der Waals surface area contributed by atoms with E-state index in [1.165, 1.54) is 11.3 Å². The van der Waals surface area contributed by atoms with E-state index in [0.29, 0.717) is 19.3 Å². The van der Waals surface area contributed by atoms with Crippen LogP contribution >= 0.6 is 22.7 Å². The van der Waals surface area contributed by atoms with E-state index in [1.54, 1.807) is 17.4 Å². The molecule has 1 spiro atoms. The summed E-state index contributed by atoms with van der Waals surface area (Å²) in [6, 6.07) is 5.72. The molecule has 5 nitrogen and oxygen atoms in total. The number of piperidine rings is 1. The summed E-state index contributed by atoms with van der Waals surface area (Å²) in [6.07, 6.45) is 7.94. The van der Waals surface area contributed by atoms with Gasteiger partial charge in [0.05, 0.1) is 4.88 Å². The smallest absolute Gasteiger partial charge is 0.246 e. The van der Waals surface area contributed by atoms with Crippen LogP contribution < -0.4 is 0 Å². The number of rotatable bonds is 7. The minimum atomic E-state index is 0.0717. The third-order valence-corrected chi connectivity index (χ3v) is 8.09. The van der Waals surface area contributed by atoms with Crippen LogP contribution in [0.4, 0.5) is 0 Å². The molecule has 4 rings (SSSR count). The Balaban J connectivity index is 1.20. The van der Waals surface area contributed by atoms with Crippen molar-refractivity contribution in [3.05, 3.63) is 50.9 Å². The highest BCUT2D eigenvalue weighted by Crippen LogP contribution is 2.40. The van der Waals surface area contributed by atoms with Crippen LogP contribution in [0, 0.1) is 5.41 Å². The topological polar surface area (TPSA) is 57.7 Å². The Morgan fingerprint density at radius 2 is 1.77 bits per heavy atom. The molecule has 7 heteroatoms. The summed E-state index contributed by atoms with van der Waals surface area (Å²) in [5.74, 6) is 0.362. The molecular formula is C24H28N2O3S2. The minimum Gasteiger partial charge on any atom is -0.342 e.